The van der Waals surface area contributed by atoms with Crippen LogP contribution in [-0.4, -0.2) is 51.0 Å². The molecule has 2 heterocycles. The Labute approximate surface area is 134 Å². The molecular formula is C13H21BrN4O2S. The molecular weight excluding hydrogens is 356 g/mol. The van der Waals surface area contributed by atoms with E-state index in [0.717, 1.165) is 19.6 Å². The van der Waals surface area contributed by atoms with Gasteiger partial charge in [0.25, 0.3) is 0 Å². The molecule has 1 unspecified atom stereocenters. The molecule has 1 saturated heterocycles. The first-order valence-corrected chi connectivity index (χ1v) is 9.28. The third-order valence-corrected chi connectivity index (χ3v) is 5.47. The lowest BCUT2D eigenvalue weighted by molar-refractivity contribution is 0.313. The predicted octanol–water partition coefficient (Wildman–Crippen LogP) is 1.65. The smallest absolute Gasteiger partial charge is 0.244 e. The molecule has 0 spiro atoms. The highest BCUT2D eigenvalue weighted by molar-refractivity contribution is 9.10. The Kier molecular flexibility index (Phi) is 5.59. The molecule has 0 amide bonds. The minimum atomic E-state index is -3.60. The van der Waals surface area contributed by atoms with Crippen LogP contribution in [0.5, 0.6) is 0 Å². The third-order valence-electron chi connectivity index (χ3n) is 3.43. The fraction of sp³-hybridized carbons (Fsp3) is 0.615. The van der Waals surface area contributed by atoms with Crippen molar-refractivity contribution in [1.82, 2.24) is 14.6 Å². The van der Waals surface area contributed by atoms with E-state index in [1.807, 2.05) is 6.92 Å². The fourth-order valence-corrected chi connectivity index (χ4v) is 4.44. The van der Waals surface area contributed by atoms with E-state index < -0.39 is 10.0 Å². The molecule has 0 saturated carbocycles. The number of hydrogen-bond donors (Lipinski definition) is 2. The van der Waals surface area contributed by atoms with E-state index in [4.69, 9.17) is 0 Å². The Morgan fingerprint density at radius 1 is 1.43 bits per heavy atom. The van der Waals surface area contributed by atoms with Gasteiger partial charge < -0.3 is 10.2 Å². The summed E-state index contributed by atoms with van der Waals surface area (Å²) in [7, 11) is -1.94. The summed E-state index contributed by atoms with van der Waals surface area (Å²) in [5.74, 6) is 0.346. The zero-order valence-electron chi connectivity index (χ0n) is 12.3. The molecule has 1 fully saturated rings. The second-order valence-electron chi connectivity index (χ2n) is 5.28. The maximum absolute atomic E-state index is 12.5. The molecule has 118 valence electrons. The van der Waals surface area contributed by atoms with Crippen LogP contribution in [-0.2, 0) is 10.0 Å². The third kappa shape index (κ3) is 4.38. The van der Waals surface area contributed by atoms with Gasteiger partial charge in [0.15, 0.2) is 0 Å². The number of pyridine rings is 1. The van der Waals surface area contributed by atoms with Crippen molar-refractivity contribution in [2.45, 2.75) is 30.7 Å². The Balaban J connectivity index is 2.12. The minimum Gasteiger partial charge on any atom is -0.372 e. The van der Waals surface area contributed by atoms with Crippen LogP contribution in [0.3, 0.4) is 0 Å². The summed E-state index contributed by atoms with van der Waals surface area (Å²) in [5.41, 5.74) is 0. The summed E-state index contributed by atoms with van der Waals surface area (Å²) < 4.78 is 28.4. The molecule has 1 aromatic rings. The number of hydrogen-bond acceptors (Lipinski definition) is 5. The van der Waals surface area contributed by atoms with E-state index in [1.54, 1.807) is 19.3 Å². The van der Waals surface area contributed by atoms with Gasteiger partial charge in [-0.3, -0.25) is 0 Å². The Bertz CT molecular complexity index is 588. The Hall–Kier alpha value is -0.700. The summed E-state index contributed by atoms with van der Waals surface area (Å²) in [6.45, 7) is 4.72. The van der Waals surface area contributed by atoms with Crippen LogP contribution in [0.2, 0.25) is 0 Å². The highest BCUT2D eigenvalue weighted by Crippen LogP contribution is 2.22. The average molecular weight is 377 g/mol. The van der Waals surface area contributed by atoms with Crippen molar-refractivity contribution in [2.24, 2.45) is 0 Å². The largest absolute Gasteiger partial charge is 0.372 e. The molecule has 1 aromatic heterocycles. The van der Waals surface area contributed by atoms with Crippen molar-refractivity contribution in [3.05, 3.63) is 16.7 Å². The van der Waals surface area contributed by atoms with E-state index in [-0.39, 0.29) is 10.9 Å². The van der Waals surface area contributed by atoms with Crippen LogP contribution in [0.25, 0.3) is 0 Å². The number of rotatable bonds is 6. The molecule has 0 aromatic carbocycles. The van der Waals surface area contributed by atoms with Gasteiger partial charge in [0.2, 0.25) is 10.0 Å². The first kappa shape index (κ1) is 16.7. The second kappa shape index (κ2) is 7.04. The van der Waals surface area contributed by atoms with Crippen molar-refractivity contribution >= 4 is 31.8 Å². The zero-order valence-corrected chi connectivity index (χ0v) is 14.7. The zero-order chi connectivity index (χ0) is 15.5. The molecule has 2 rings (SSSR count). The quantitative estimate of drug-likeness (QED) is 0.789. The van der Waals surface area contributed by atoms with E-state index in [0.29, 0.717) is 10.3 Å². The second-order valence-corrected chi connectivity index (χ2v) is 7.88. The van der Waals surface area contributed by atoms with Crippen LogP contribution in [0.1, 0.15) is 19.8 Å². The minimum absolute atomic E-state index is 0.142. The SMILES string of the molecule is CNc1ncc(Br)cc1S(=O)(=O)NC(C)CN1CCCC1. The lowest BCUT2D eigenvalue weighted by Gasteiger charge is -2.21. The van der Waals surface area contributed by atoms with Crippen LogP contribution in [0.15, 0.2) is 21.6 Å². The van der Waals surface area contributed by atoms with E-state index in [2.05, 4.69) is 35.9 Å². The molecule has 8 heteroatoms. The first-order valence-electron chi connectivity index (χ1n) is 7.00. The predicted molar refractivity (Wildman–Crippen MR) is 86.9 cm³/mol. The van der Waals surface area contributed by atoms with Gasteiger partial charge in [0.05, 0.1) is 0 Å². The fourth-order valence-electron chi connectivity index (χ4n) is 2.53. The highest BCUT2D eigenvalue weighted by atomic mass is 79.9. The average Bonchev–Trinajstić information content (AvgIpc) is 2.90. The number of nitrogens with zero attached hydrogens (tertiary/aromatic N) is 2. The molecule has 1 atom stereocenters. The standard InChI is InChI=1S/C13H21BrN4O2S/c1-10(9-18-5-3-4-6-18)17-21(19,20)12-7-11(14)8-16-13(12)15-2/h7-8,10,17H,3-6,9H2,1-2H3,(H,15,16). The summed E-state index contributed by atoms with van der Waals surface area (Å²) in [6, 6.07) is 1.42. The van der Waals surface area contributed by atoms with Gasteiger partial charge >= 0.3 is 0 Å². The molecule has 6 nitrogen and oxygen atoms in total. The summed E-state index contributed by atoms with van der Waals surface area (Å²) in [5, 5.41) is 2.81. The Morgan fingerprint density at radius 2 is 2.10 bits per heavy atom. The van der Waals surface area contributed by atoms with Crippen molar-refractivity contribution in [1.29, 1.82) is 0 Å². The van der Waals surface area contributed by atoms with Gasteiger partial charge in [0, 0.05) is 30.3 Å². The number of sulfonamides is 1. The van der Waals surface area contributed by atoms with Gasteiger partial charge in [-0.15, -0.1) is 0 Å². The molecule has 0 bridgehead atoms. The number of aromatic nitrogens is 1. The lowest BCUT2D eigenvalue weighted by Crippen LogP contribution is -2.41. The van der Waals surface area contributed by atoms with E-state index >= 15 is 0 Å². The monoisotopic (exact) mass is 376 g/mol. The number of likely N-dealkylation sites (tertiary alicyclic amines) is 1. The number of halogens is 1. The molecule has 0 aliphatic carbocycles. The van der Waals surface area contributed by atoms with Gasteiger partial charge in [-0.25, -0.2) is 18.1 Å². The van der Waals surface area contributed by atoms with Gasteiger partial charge in [-0.1, -0.05) is 0 Å². The van der Waals surface area contributed by atoms with Crippen molar-refractivity contribution in [3.63, 3.8) is 0 Å². The molecule has 1 aliphatic heterocycles. The highest BCUT2D eigenvalue weighted by Gasteiger charge is 2.23. The molecule has 1 aliphatic rings. The summed E-state index contributed by atoms with van der Waals surface area (Å²) in [6.07, 6.45) is 3.95. The van der Waals surface area contributed by atoms with Crippen LogP contribution in [0.4, 0.5) is 5.82 Å². The van der Waals surface area contributed by atoms with Gasteiger partial charge in [-0.05, 0) is 54.9 Å². The van der Waals surface area contributed by atoms with E-state index in [9.17, 15) is 8.42 Å². The van der Waals surface area contributed by atoms with Crippen molar-refractivity contribution in [2.75, 3.05) is 32.0 Å². The summed E-state index contributed by atoms with van der Waals surface area (Å²) in [4.78, 5) is 6.53. The van der Waals surface area contributed by atoms with Gasteiger partial charge in [0.1, 0.15) is 10.7 Å². The topological polar surface area (TPSA) is 74.3 Å². The normalized spacial score (nSPS) is 17.9. The maximum atomic E-state index is 12.5. The first-order chi connectivity index (χ1) is 9.92. The summed E-state index contributed by atoms with van der Waals surface area (Å²) >= 11 is 3.26. The number of anilines is 1. The van der Waals surface area contributed by atoms with E-state index in [1.165, 1.54) is 12.8 Å². The number of nitrogens with one attached hydrogen (secondary N) is 2. The molecule has 21 heavy (non-hydrogen) atoms. The molecule has 0 radical (unpaired) electrons. The van der Waals surface area contributed by atoms with Crippen LogP contribution >= 0.6 is 15.9 Å². The van der Waals surface area contributed by atoms with Crippen LogP contribution in [0, 0.1) is 0 Å². The van der Waals surface area contributed by atoms with Crippen LogP contribution < -0.4 is 10.0 Å². The molecule has 2 N–H and O–H groups in total. The maximum Gasteiger partial charge on any atom is 0.244 e. The van der Waals surface area contributed by atoms with Crippen molar-refractivity contribution in [3.8, 4) is 0 Å². The van der Waals surface area contributed by atoms with Gasteiger partial charge in [-0.2, -0.15) is 0 Å². The van der Waals surface area contributed by atoms with Crippen molar-refractivity contribution < 1.29 is 8.42 Å². The lowest BCUT2D eigenvalue weighted by atomic mass is 10.3. The Morgan fingerprint density at radius 3 is 2.71 bits per heavy atom.